The quantitative estimate of drug-likeness (QED) is 0.763. The Bertz CT molecular complexity index is 740. The molecule has 2 rings (SSSR count). The number of hydrogen-bond donors (Lipinski definition) is 2. The summed E-state index contributed by atoms with van der Waals surface area (Å²) in [7, 11) is 0. The second-order valence-electron chi connectivity index (χ2n) is 4.49. The summed E-state index contributed by atoms with van der Waals surface area (Å²) in [5.74, 6) is -0.283. The van der Waals surface area contributed by atoms with Crippen molar-refractivity contribution < 1.29 is 13.9 Å². The number of hydrogen-bond acceptors (Lipinski definition) is 3. The monoisotopic (exact) mass is 396 g/mol. The topological polar surface area (TPSA) is 50.4 Å². The van der Waals surface area contributed by atoms with Gasteiger partial charge in [-0.25, -0.2) is 4.39 Å². The highest BCUT2D eigenvalue weighted by atomic mass is 79.9. The molecule has 0 spiro atoms. The predicted octanol–water partition coefficient (Wildman–Crippen LogP) is 4.11. The van der Waals surface area contributed by atoms with E-state index >= 15 is 0 Å². The van der Waals surface area contributed by atoms with Crippen LogP contribution >= 0.6 is 28.1 Å². The van der Waals surface area contributed by atoms with E-state index in [-0.39, 0.29) is 10.8 Å². The van der Waals surface area contributed by atoms with Gasteiger partial charge in [0.1, 0.15) is 11.6 Å². The Balaban J connectivity index is 2.02. The Hall–Kier alpha value is -1.99. The maximum absolute atomic E-state index is 13.7. The number of rotatable bonds is 4. The second-order valence-corrected chi connectivity index (χ2v) is 5.82. The Morgan fingerprint density at radius 2 is 2.09 bits per heavy atom. The van der Waals surface area contributed by atoms with Crippen LogP contribution in [0.25, 0.3) is 0 Å². The molecule has 0 aromatic heterocycles. The molecule has 0 heterocycles. The minimum atomic E-state index is -0.477. The molecular formula is C16H14BrFN2O2S. The van der Waals surface area contributed by atoms with Crippen LogP contribution in [0.4, 0.5) is 10.1 Å². The number of carbonyl (C=O) groups excluding carboxylic acids is 1. The lowest BCUT2D eigenvalue weighted by molar-refractivity contribution is 0.0977. The third kappa shape index (κ3) is 5.01. The van der Waals surface area contributed by atoms with Crippen molar-refractivity contribution >= 4 is 44.9 Å². The van der Waals surface area contributed by atoms with Crippen LogP contribution in [0.5, 0.6) is 5.75 Å². The summed E-state index contributed by atoms with van der Waals surface area (Å²) < 4.78 is 19.7. The molecular weight excluding hydrogens is 383 g/mol. The SMILES string of the molecule is CCOc1cccc(C(=O)NC(=S)Nc2ccc(Br)cc2F)c1. The van der Waals surface area contributed by atoms with Gasteiger partial charge in [0.25, 0.3) is 5.91 Å². The molecule has 0 aliphatic heterocycles. The predicted molar refractivity (Wildman–Crippen MR) is 95.4 cm³/mol. The number of anilines is 1. The number of nitrogens with one attached hydrogen (secondary N) is 2. The fourth-order valence-electron chi connectivity index (χ4n) is 1.81. The standard InChI is InChI=1S/C16H14BrFN2O2S/c1-2-22-12-5-3-4-10(8-12)15(21)20-16(23)19-14-7-6-11(17)9-13(14)18/h3-9H,2H2,1H3,(H2,19,20,21,23). The van der Waals surface area contributed by atoms with Crippen LogP contribution in [-0.4, -0.2) is 17.6 Å². The van der Waals surface area contributed by atoms with Gasteiger partial charge in [0.15, 0.2) is 5.11 Å². The molecule has 0 radical (unpaired) electrons. The van der Waals surface area contributed by atoms with Gasteiger partial charge in [0.2, 0.25) is 0 Å². The van der Waals surface area contributed by atoms with Crippen LogP contribution < -0.4 is 15.4 Å². The summed E-state index contributed by atoms with van der Waals surface area (Å²) in [6.45, 7) is 2.37. The van der Waals surface area contributed by atoms with Crippen molar-refractivity contribution in [1.29, 1.82) is 0 Å². The summed E-state index contributed by atoms with van der Waals surface area (Å²) in [6.07, 6.45) is 0. The first kappa shape index (κ1) is 17.4. The van der Waals surface area contributed by atoms with E-state index in [2.05, 4.69) is 26.6 Å². The molecule has 0 aliphatic rings. The smallest absolute Gasteiger partial charge is 0.257 e. The molecule has 2 aromatic rings. The molecule has 0 aliphatic carbocycles. The van der Waals surface area contributed by atoms with E-state index in [0.717, 1.165) is 0 Å². The fourth-order valence-corrected chi connectivity index (χ4v) is 2.35. The zero-order valence-corrected chi connectivity index (χ0v) is 14.6. The first-order valence-corrected chi connectivity index (χ1v) is 8.00. The van der Waals surface area contributed by atoms with E-state index in [4.69, 9.17) is 17.0 Å². The number of thiocarbonyl (C=S) groups is 1. The molecule has 0 fully saturated rings. The Morgan fingerprint density at radius 3 is 2.78 bits per heavy atom. The molecule has 7 heteroatoms. The maximum Gasteiger partial charge on any atom is 0.257 e. The van der Waals surface area contributed by atoms with Gasteiger partial charge in [0.05, 0.1) is 12.3 Å². The normalized spacial score (nSPS) is 10.0. The molecule has 2 N–H and O–H groups in total. The number of amides is 1. The first-order chi connectivity index (χ1) is 11.0. The lowest BCUT2D eigenvalue weighted by Crippen LogP contribution is -2.34. The molecule has 4 nitrogen and oxygen atoms in total. The lowest BCUT2D eigenvalue weighted by Gasteiger charge is -2.11. The van der Waals surface area contributed by atoms with Crippen LogP contribution in [0.15, 0.2) is 46.9 Å². The molecule has 120 valence electrons. The summed E-state index contributed by atoms with van der Waals surface area (Å²) in [5.41, 5.74) is 0.581. The van der Waals surface area contributed by atoms with Crippen molar-refractivity contribution in [2.45, 2.75) is 6.92 Å². The van der Waals surface area contributed by atoms with Crippen LogP contribution in [-0.2, 0) is 0 Å². The first-order valence-electron chi connectivity index (χ1n) is 6.80. The Labute approximate surface area is 147 Å². The summed E-state index contributed by atoms with van der Waals surface area (Å²) >= 11 is 8.21. The van der Waals surface area contributed by atoms with Crippen LogP contribution in [0.2, 0.25) is 0 Å². The fraction of sp³-hybridized carbons (Fsp3) is 0.125. The van der Waals surface area contributed by atoms with E-state index < -0.39 is 11.7 Å². The highest BCUT2D eigenvalue weighted by molar-refractivity contribution is 9.10. The highest BCUT2D eigenvalue weighted by Gasteiger charge is 2.10. The zero-order chi connectivity index (χ0) is 16.8. The molecule has 0 unspecified atom stereocenters. The molecule has 0 saturated heterocycles. The van der Waals surface area contributed by atoms with E-state index in [9.17, 15) is 9.18 Å². The van der Waals surface area contributed by atoms with E-state index in [1.807, 2.05) is 6.92 Å². The average Bonchev–Trinajstić information content (AvgIpc) is 2.51. The molecule has 0 bridgehead atoms. The number of carbonyl (C=O) groups is 1. The molecule has 1 amide bonds. The van der Waals surface area contributed by atoms with Gasteiger partial charge >= 0.3 is 0 Å². The van der Waals surface area contributed by atoms with Crippen molar-refractivity contribution in [3.63, 3.8) is 0 Å². The minimum absolute atomic E-state index is 0.0121. The van der Waals surface area contributed by atoms with Crippen molar-refractivity contribution in [2.24, 2.45) is 0 Å². The summed E-state index contributed by atoms with van der Waals surface area (Å²) in [5, 5.41) is 5.17. The van der Waals surface area contributed by atoms with Crippen LogP contribution in [0.1, 0.15) is 17.3 Å². The number of halogens is 2. The van der Waals surface area contributed by atoms with Gasteiger partial charge in [-0.05, 0) is 55.5 Å². The Morgan fingerprint density at radius 1 is 1.30 bits per heavy atom. The summed E-state index contributed by atoms with van der Waals surface area (Å²) in [6, 6.07) is 11.2. The molecule has 0 saturated carbocycles. The van der Waals surface area contributed by atoms with Gasteiger partial charge in [-0.2, -0.15) is 0 Å². The van der Waals surface area contributed by atoms with Gasteiger partial charge in [0, 0.05) is 10.0 Å². The number of ether oxygens (including phenoxy) is 1. The van der Waals surface area contributed by atoms with E-state index in [0.29, 0.717) is 22.4 Å². The van der Waals surface area contributed by atoms with Crippen molar-refractivity contribution in [1.82, 2.24) is 5.32 Å². The van der Waals surface area contributed by atoms with Gasteiger partial charge in [-0.15, -0.1) is 0 Å². The Kier molecular flexibility index (Phi) is 6.06. The van der Waals surface area contributed by atoms with Crippen LogP contribution in [0.3, 0.4) is 0 Å². The maximum atomic E-state index is 13.7. The lowest BCUT2D eigenvalue weighted by atomic mass is 10.2. The van der Waals surface area contributed by atoms with Gasteiger partial charge < -0.3 is 10.1 Å². The van der Waals surface area contributed by atoms with Crippen molar-refractivity contribution in [3.05, 3.63) is 58.3 Å². The molecule has 0 atom stereocenters. The highest BCUT2D eigenvalue weighted by Crippen LogP contribution is 2.19. The van der Waals surface area contributed by atoms with Gasteiger partial charge in [-0.1, -0.05) is 22.0 Å². The van der Waals surface area contributed by atoms with Crippen molar-refractivity contribution in [2.75, 3.05) is 11.9 Å². The number of benzene rings is 2. The van der Waals surface area contributed by atoms with Gasteiger partial charge in [-0.3, -0.25) is 10.1 Å². The van der Waals surface area contributed by atoms with Crippen LogP contribution in [0, 0.1) is 5.82 Å². The second kappa shape index (κ2) is 8.03. The van der Waals surface area contributed by atoms with E-state index in [1.165, 1.54) is 12.1 Å². The molecule has 2 aromatic carbocycles. The van der Waals surface area contributed by atoms with Crippen molar-refractivity contribution in [3.8, 4) is 5.75 Å². The molecule has 23 heavy (non-hydrogen) atoms. The average molecular weight is 397 g/mol. The third-order valence-electron chi connectivity index (χ3n) is 2.81. The summed E-state index contributed by atoms with van der Waals surface area (Å²) in [4.78, 5) is 12.1. The third-order valence-corrected chi connectivity index (χ3v) is 3.51. The van der Waals surface area contributed by atoms with E-state index in [1.54, 1.807) is 30.3 Å². The minimum Gasteiger partial charge on any atom is -0.494 e. The largest absolute Gasteiger partial charge is 0.494 e. The zero-order valence-electron chi connectivity index (χ0n) is 12.2.